The van der Waals surface area contributed by atoms with Crippen molar-refractivity contribution < 1.29 is 34.1 Å². The SMILES string of the molecule is CCC(C)(C)N(C(=O)C(Cc1ccc(O)cc1)NC(=O)OC(C)(C)C)C(C(=O)Nc1ccc(OC)cc1)c1ccccc1O. The molecule has 44 heavy (non-hydrogen) atoms. The number of hydrogen-bond donors (Lipinski definition) is 4. The highest BCUT2D eigenvalue weighted by molar-refractivity contribution is 5.99. The Morgan fingerprint density at radius 1 is 0.886 bits per heavy atom. The number of nitrogens with zero attached hydrogens (tertiary/aromatic N) is 1. The van der Waals surface area contributed by atoms with Crippen molar-refractivity contribution in [2.45, 2.75) is 77.6 Å². The number of aromatic hydroxyl groups is 2. The minimum Gasteiger partial charge on any atom is -0.508 e. The number of carbonyl (C=O) groups excluding carboxylic acids is 3. The lowest BCUT2D eigenvalue weighted by Gasteiger charge is -2.44. The van der Waals surface area contributed by atoms with Gasteiger partial charge in [0.1, 0.15) is 34.9 Å². The number of nitrogens with one attached hydrogen (secondary N) is 2. The summed E-state index contributed by atoms with van der Waals surface area (Å²) in [4.78, 5) is 43.3. The van der Waals surface area contributed by atoms with Gasteiger partial charge in [-0.05, 0) is 89.1 Å². The molecular weight excluding hydrogens is 562 g/mol. The van der Waals surface area contributed by atoms with Gasteiger partial charge in [0.15, 0.2) is 0 Å². The van der Waals surface area contributed by atoms with Crippen molar-refractivity contribution in [3.63, 3.8) is 0 Å². The molecule has 0 saturated heterocycles. The number of phenols is 2. The second-order valence-corrected chi connectivity index (χ2v) is 12.1. The third-order valence-electron chi connectivity index (χ3n) is 7.22. The summed E-state index contributed by atoms with van der Waals surface area (Å²) in [6.45, 7) is 10.7. The second kappa shape index (κ2) is 14.2. The number of ether oxygens (including phenoxy) is 2. The maximum Gasteiger partial charge on any atom is 0.408 e. The van der Waals surface area contributed by atoms with Crippen LogP contribution in [0, 0.1) is 0 Å². The summed E-state index contributed by atoms with van der Waals surface area (Å²) in [5.41, 5.74) is -0.410. The zero-order valence-electron chi connectivity index (χ0n) is 26.4. The monoisotopic (exact) mass is 605 g/mol. The molecule has 3 rings (SSSR count). The summed E-state index contributed by atoms with van der Waals surface area (Å²) in [7, 11) is 1.54. The van der Waals surface area contributed by atoms with Gasteiger partial charge >= 0.3 is 6.09 Å². The van der Waals surface area contributed by atoms with Crippen LogP contribution in [0.5, 0.6) is 17.2 Å². The summed E-state index contributed by atoms with van der Waals surface area (Å²) < 4.78 is 10.7. The normalized spacial score (nSPS) is 12.9. The minimum atomic E-state index is -1.29. The molecule has 4 N–H and O–H groups in total. The Labute approximate surface area is 259 Å². The van der Waals surface area contributed by atoms with E-state index in [2.05, 4.69) is 10.6 Å². The molecule has 0 heterocycles. The first-order valence-electron chi connectivity index (χ1n) is 14.5. The fourth-order valence-electron chi connectivity index (χ4n) is 4.63. The van der Waals surface area contributed by atoms with Crippen molar-refractivity contribution in [3.05, 3.63) is 83.9 Å². The van der Waals surface area contributed by atoms with Crippen LogP contribution >= 0.6 is 0 Å². The van der Waals surface area contributed by atoms with Crippen LogP contribution in [0.3, 0.4) is 0 Å². The topological polar surface area (TPSA) is 137 Å². The molecule has 10 heteroatoms. The van der Waals surface area contributed by atoms with E-state index in [9.17, 15) is 24.6 Å². The molecule has 0 aliphatic heterocycles. The highest BCUT2D eigenvalue weighted by Gasteiger charge is 2.44. The van der Waals surface area contributed by atoms with Crippen molar-refractivity contribution in [2.75, 3.05) is 12.4 Å². The third-order valence-corrected chi connectivity index (χ3v) is 7.22. The van der Waals surface area contributed by atoms with E-state index in [1.165, 1.54) is 30.2 Å². The maximum absolute atomic E-state index is 14.7. The molecule has 236 valence electrons. The first-order valence-corrected chi connectivity index (χ1v) is 14.5. The molecule has 0 saturated carbocycles. The molecule has 2 unspecified atom stereocenters. The molecule has 0 bridgehead atoms. The van der Waals surface area contributed by atoms with Gasteiger partial charge in [0.2, 0.25) is 5.91 Å². The van der Waals surface area contributed by atoms with Gasteiger partial charge in [-0.3, -0.25) is 9.59 Å². The Morgan fingerprint density at radius 3 is 2.05 bits per heavy atom. The number of rotatable bonds is 11. The first-order chi connectivity index (χ1) is 20.6. The van der Waals surface area contributed by atoms with Gasteiger partial charge in [-0.25, -0.2) is 4.79 Å². The van der Waals surface area contributed by atoms with Crippen LogP contribution in [0.25, 0.3) is 0 Å². The summed E-state index contributed by atoms with van der Waals surface area (Å²) in [5.74, 6) is -0.627. The van der Waals surface area contributed by atoms with Crippen molar-refractivity contribution in [1.82, 2.24) is 10.2 Å². The number of para-hydroxylation sites is 1. The zero-order chi connectivity index (χ0) is 32.7. The van der Waals surface area contributed by atoms with Gasteiger partial charge in [-0.15, -0.1) is 0 Å². The van der Waals surface area contributed by atoms with Crippen LogP contribution in [0.4, 0.5) is 10.5 Å². The van der Waals surface area contributed by atoms with Gasteiger partial charge in [-0.2, -0.15) is 0 Å². The number of carbonyl (C=O) groups is 3. The van der Waals surface area contributed by atoms with Crippen LogP contribution in [-0.2, 0) is 20.7 Å². The van der Waals surface area contributed by atoms with E-state index in [0.29, 0.717) is 23.4 Å². The fourth-order valence-corrected chi connectivity index (χ4v) is 4.63. The number of methoxy groups -OCH3 is 1. The van der Waals surface area contributed by atoms with E-state index in [0.717, 1.165) is 0 Å². The van der Waals surface area contributed by atoms with Crippen LogP contribution in [-0.4, -0.2) is 57.3 Å². The van der Waals surface area contributed by atoms with E-state index in [1.54, 1.807) is 75.4 Å². The number of amides is 3. The molecule has 0 radical (unpaired) electrons. The average molecular weight is 606 g/mol. The van der Waals surface area contributed by atoms with Gasteiger partial charge in [0.05, 0.1) is 7.11 Å². The Hall–Kier alpha value is -4.73. The van der Waals surface area contributed by atoms with Crippen LogP contribution in [0.15, 0.2) is 72.8 Å². The van der Waals surface area contributed by atoms with Crippen molar-refractivity contribution >= 4 is 23.6 Å². The molecule has 10 nitrogen and oxygen atoms in total. The van der Waals surface area contributed by atoms with Crippen molar-refractivity contribution in [1.29, 1.82) is 0 Å². The number of alkyl carbamates (subject to hydrolysis) is 1. The van der Waals surface area contributed by atoms with Gasteiger partial charge in [0.25, 0.3) is 5.91 Å². The average Bonchev–Trinajstić information content (AvgIpc) is 2.96. The molecule has 3 amide bonds. The Balaban J connectivity index is 2.14. The van der Waals surface area contributed by atoms with E-state index in [4.69, 9.17) is 9.47 Å². The lowest BCUT2D eigenvalue weighted by molar-refractivity contribution is -0.147. The predicted molar refractivity (Wildman–Crippen MR) is 169 cm³/mol. The first kappa shape index (κ1) is 33.8. The molecular formula is C34H43N3O7. The predicted octanol–water partition coefficient (Wildman–Crippen LogP) is 5.94. The number of hydrogen-bond acceptors (Lipinski definition) is 7. The Bertz CT molecular complexity index is 1430. The lowest BCUT2D eigenvalue weighted by Crippen LogP contribution is -2.59. The Kier molecular flexibility index (Phi) is 10.9. The molecule has 0 fully saturated rings. The Morgan fingerprint density at radius 2 is 1.50 bits per heavy atom. The quantitative estimate of drug-likeness (QED) is 0.212. The maximum atomic E-state index is 14.7. The van der Waals surface area contributed by atoms with E-state index in [1.807, 2.05) is 20.8 Å². The van der Waals surface area contributed by atoms with Crippen LogP contribution in [0.1, 0.15) is 65.1 Å². The van der Waals surface area contributed by atoms with E-state index >= 15 is 0 Å². The summed E-state index contributed by atoms with van der Waals surface area (Å²) in [5, 5.41) is 26.3. The van der Waals surface area contributed by atoms with E-state index < -0.39 is 41.1 Å². The number of phenolic OH excluding ortho intramolecular Hbond substituents is 2. The van der Waals surface area contributed by atoms with Gasteiger partial charge < -0.3 is 35.2 Å². The molecule has 0 spiro atoms. The molecule has 0 aliphatic rings. The second-order valence-electron chi connectivity index (χ2n) is 12.1. The van der Waals surface area contributed by atoms with Gasteiger partial charge in [-0.1, -0.05) is 37.3 Å². The van der Waals surface area contributed by atoms with E-state index in [-0.39, 0.29) is 23.5 Å². The van der Waals surface area contributed by atoms with Crippen LogP contribution in [0.2, 0.25) is 0 Å². The van der Waals surface area contributed by atoms with Crippen molar-refractivity contribution in [3.8, 4) is 17.2 Å². The summed E-state index contributed by atoms with van der Waals surface area (Å²) >= 11 is 0. The lowest BCUT2D eigenvalue weighted by atomic mass is 9.90. The molecule has 0 aliphatic carbocycles. The zero-order valence-corrected chi connectivity index (χ0v) is 26.4. The molecule has 2 atom stereocenters. The highest BCUT2D eigenvalue weighted by atomic mass is 16.6. The van der Waals surface area contributed by atoms with Crippen LogP contribution < -0.4 is 15.4 Å². The molecule has 3 aromatic rings. The summed E-state index contributed by atoms with van der Waals surface area (Å²) in [6.07, 6.45) is -0.315. The summed E-state index contributed by atoms with van der Waals surface area (Å²) in [6, 6.07) is 16.9. The largest absolute Gasteiger partial charge is 0.508 e. The standard InChI is InChI=1S/C34H43N3O7/c1-8-34(5,6)37(31(41)27(36-32(42)44-33(2,3)4)21-22-13-17-24(38)18-14-22)29(26-11-9-10-12-28(26)39)30(40)35-23-15-19-25(43-7)20-16-23/h9-20,27,29,38-39H,8,21H2,1-7H3,(H,35,40)(H,36,42). The number of benzene rings is 3. The van der Waals surface area contributed by atoms with Gasteiger partial charge in [0, 0.05) is 23.2 Å². The molecule has 0 aromatic heterocycles. The third kappa shape index (κ3) is 8.89. The minimum absolute atomic E-state index is 0.0439. The molecule has 3 aromatic carbocycles. The fraction of sp³-hybridized carbons (Fsp3) is 0.382. The van der Waals surface area contributed by atoms with Crippen molar-refractivity contribution in [2.24, 2.45) is 0 Å². The smallest absolute Gasteiger partial charge is 0.408 e. The number of anilines is 1. The highest BCUT2D eigenvalue weighted by Crippen LogP contribution is 2.37.